The molecule has 0 saturated heterocycles. The number of hydrogen-bond acceptors (Lipinski definition) is 3. The molecule has 0 heterocycles. The van der Waals surface area contributed by atoms with Crippen LogP contribution in [-0.2, 0) is 9.59 Å². The molecule has 1 unspecified atom stereocenters. The van der Waals surface area contributed by atoms with E-state index in [9.17, 15) is 9.59 Å². The van der Waals surface area contributed by atoms with Gasteiger partial charge in [0.05, 0.1) is 6.04 Å². The molecule has 0 spiro atoms. The Kier molecular flexibility index (Phi) is 5.12. The summed E-state index contributed by atoms with van der Waals surface area (Å²) < 4.78 is 0. The summed E-state index contributed by atoms with van der Waals surface area (Å²) in [5.41, 5.74) is 0.785. The summed E-state index contributed by atoms with van der Waals surface area (Å²) in [6.45, 7) is 2.95. The first kappa shape index (κ1) is 14.5. The predicted molar refractivity (Wildman–Crippen MR) is 78.3 cm³/mol. The molecule has 1 saturated carbocycles. The van der Waals surface area contributed by atoms with Crippen LogP contribution >= 0.6 is 0 Å². The Balaban J connectivity index is 1.62. The fourth-order valence-electron chi connectivity index (χ4n) is 1.83. The van der Waals surface area contributed by atoms with Gasteiger partial charge >= 0.3 is 0 Å². The van der Waals surface area contributed by atoms with E-state index in [2.05, 4.69) is 16.0 Å². The number of carbonyl (C=O) groups excluding carboxylic acids is 2. The van der Waals surface area contributed by atoms with E-state index in [1.54, 1.807) is 6.92 Å². The molecule has 0 aromatic heterocycles. The van der Waals surface area contributed by atoms with Crippen LogP contribution in [0.15, 0.2) is 30.3 Å². The molecule has 1 aromatic rings. The average Bonchev–Trinajstić information content (AvgIpc) is 3.28. The molecule has 1 aliphatic rings. The highest BCUT2D eigenvalue weighted by atomic mass is 16.2. The smallest absolute Gasteiger partial charge is 0.241 e. The first-order chi connectivity index (χ1) is 9.66. The van der Waals surface area contributed by atoms with E-state index in [1.165, 1.54) is 0 Å². The second kappa shape index (κ2) is 7.05. The Morgan fingerprint density at radius 1 is 1.20 bits per heavy atom. The molecule has 0 bridgehead atoms. The topological polar surface area (TPSA) is 70.2 Å². The second-order valence-electron chi connectivity index (χ2n) is 5.10. The fraction of sp³-hybridized carbons (Fsp3) is 0.467. The Labute approximate surface area is 119 Å². The van der Waals surface area contributed by atoms with Crippen LogP contribution in [-0.4, -0.2) is 30.9 Å². The van der Waals surface area contributed by atoms with Crippen molar-refractivity contribution < 1.29 is 9.59 Å². The molecule has 0 radical (unpaired) electrons. The van der Waals surface area contributed by atoms with Gasteiger partial charge < -0.3 is 16.0 Å². The number of carbonyl (C=O) groups is 2. The molecular formula is C15H21N3O2. The van der Waals surface area contributed by atoms with E-state index in [0.717, 1.165) is 18.5 Å². The summed E-state index contributed by atoms with van der Waals surface area (Å²) >= 11 is 0. The van der Waals surface area contributed by atoms with Crippen LogP contribution in [0.5, 0.6) is 0 Å². The minimum Gasteiger partial charge on any atom is -0.355 e. The highest BCUT2D eigenvalue weighted by molar-refractivity contribution is 5.94. The highest BCUT2D eigenvalue weighted by Crippen LogP contribution is 2.28. The normalized spacial score (nSPS) is 15.4. The van der Waals surface area contributed by atoms with Crippen molar-refractivity contribution >= 4 is 17.5 Å². The lowest BCUT2D eigenvalue weighted by Crippen LogP contribution is -2.42. The fourth-order valence-corrected chi connectivity index (χ4v) is 1.83. The number of hydrogen-bond donors (Lipinski definition) is 3. The molecule has 1 aromatic carbocycles. The Morgan fingerprint density at radius 3 is 2.55 bits per heavy atom. The number of anilines is 1. The molecule has 20 heavy (non-hydrogen) atoms. The van der Waals surface area contributed by atoms with E-state index in [4.69, 9.17) is 0 Å². The zero-order valence-electron chi connectivity index (χ0n) is 11.7. The second-order valence-corrected chi connectivity index (χ2v) is 5.10. The summed E-state index contributed by atoms with van der Waals surface area (Å²) in [6, 6.07) is 9.05. The minimum atomic E-state index is -0.298. The monoisotopic (exact) mass is 275 g/mol. The van der Waals surface area contributed by atoms with Gasteiger partial charge in [0.15, 0.2) is 0 Å². The van der Waals surface area contributed by atoms with Crippen LogP contribution in [0.3, 0.4) is 0 Å². The molecule has 1 aliphatic carbocycles. The van der Waals surface area contributed by atoms with Crippen molar-refractivity contribution in [2.75, 3.05) is 18.4 Å². The Hall–Kier alpha value is -1.88. The van der Waals surface area contributed by atoms with Gasteiger partial charge in [0.2, 0.25) is 11.8 Å². The lowest BCUT2D eigenvalue weighted by molar-refractivity contribution is -0.122. The molecule has 108 valence electrons. The van der Waals surface area contributed by atoms with Crippen LogP contribution < -0.4 is 16.0 Å². The molecule has 5 heteroatoms. The molecule has 3 N–H and O–H groups in total. The van der Waals surface area contributed by atoms with Gasteiger partial charge in [0, 0.05) is 24.7 Å². The molecule has 5 nitrogen and oxygen atoms in total. The first-order valence-corrected chi connectivity index (χ1v) is 7.04. The third-order valence-electron chi connectivity index (χ3n) is 3.26. The average molecular weight is 275 g/mol. The van der Waals surface area contributed by atoms with Gasteiger partial charge in [0.1, 0.15) is 0 Å². The van der Waals surface area contributed by atoms with E-state index in [1.807, 2.05) is 30.3 Å². The molecular weight excluding hydrogens is 254 g/mol. The van der Waals surface area contributed by atoms with E-state index >= 15 is 0 Å². The van der Waals surface area contributed by atoms with Gasteiger partial charge in [-0.25, -0.2) is 0 Å². The minimum absolute atomic E-state index is 0.0790. The molecule has 0 aliphatic heterocycles. The van der Waals surface area contributed by atoms with Gasteiger partial charge in [0.25, 0.3) is 0 Å². The maximum Gasteiger partial charge on any atom is 0.241 e. The van der Waals surface area contributed by atoms with Crippen molar-refractivity contribution in [3.8, 4) is 0 Å². The maximum absolute atomic E-state index is 11.9. The first-order valence-electron chi connectivity index (χ1n) is 7.04. The van der Waals surface area contributed by atoms with Gasteiger partial charge in [-0.2, -0.15) is 0 Å². The van der Waals surface area contributed by atoms with Crippen molar-refractivity contribution in [2.24, 2.45) is 5.92 Å². The van der Waals surface area contributed by atoms with Crippen molar-refractivity contribution in [1.82, 2.24) is 10.6 Å². The summed E-state index contributed by atoms with van der Waals surface area (Å²) in [5.74, 6) is 0.284. The van der Waals surface area contributed by atoms with Crippen molar-refractivity contribution in [1.29, 1.82) is 0 Å². The van der Waals surface area contributed by atoms with E-state index < -0.39 is 0 Å². The van der Waals surface area contributed by atoms with Crippen LogP contribution in [0.4, 0.5) is 5.69 Å². The molecule has 2 rings (SSSR count). The maximum atomic E-state index is 11.9. The van der Waals surface area contributed by atoms with Gasteiger partial charge in [-0.15, -0.1) is 0 Å². The third-order valence-corrected chi connectivity index (χ3v) is 3.26. The van der Waals surface area contributed by atoms with Crippen LogP contribution in [0.2, 0.25) is 0 Å². The number of amides is 2. The van der Waals surface area contributed by atoms with Gasteiger partial charge in [-0.1, -0.05) is 18.2 Å². The van der Waals surface area contributed by atoms with Gasteiger partial charge in [-0.3, -0.25) is 9.59 Å². The zero-order chi connectivity index (χ0) is 14.4. The SMILES string of the molecule is CC(NCCNC(=O)C1CC1)C(=O)Nc1ccccc1. The van der Waals surface area contributed by atoms with E-state index in [0.29, 0.717) is 13.1 Å². The third kappa shape index (κ3) is 4.66. The Bertz CT molecular complexity index is 457. The number of nitrogens with one attached hydrogen (secondary N) is 3. The van der Waals surface area contributed by atoms with Crippen molar-refractivity contribution in [3.05, 3.63) is 30.3 Å². The predicted octanol–water partition coefficient (Wildman–Crippen LogP) is 1.13. The molecule has 1 fully saturated rings. The van der Waals surface area contributed by atoms with Crippen LogP contribution in [0.25, 0.3) is 0 Å². The lowest BCUT2D eigenvalue weighted by atomic mass is 10.2. The lowest BCUT2D eigenvalue weighted by Gasteiger charge is -2.14. The summed E-state index contributed by atoms with van der Waals surface area (Å²) in [5, 5.41) is 8.78. The zero-order valence-corrected chi connectivity index (χ0v) is 11.7. The van der Waals surface area contributed by atoms with Crippen molar-refractivity contribution in [2.45, 2.75) is 25.8 Å². The van der Waals surface area contributed by atoms with Crippen molar-refractivity contribution in [3.63, 3.8) is 0 Å². The molecule has 1 atom stereocenters. The highest BCUT2D eigenvalue weighted by Gasteiger charge is 2.29. The summed E-state index contributed by atoms with van der Waals surface area (Å²) in [4.78, 5) is 23.3. The van der Waals surface area contributed by atoms with Gasteiger partial charge in [-0.05, 0) is 31.9 Å². The molecule has 2 amide bonds. The largest absolute Gasteiger partial charge is 0.355 e. The van der Waals surface area contributed by atoms with Crippen LogP contribution in [0.1, 0.15) is 19.8 Å². The number of rotatable bonds is 7. The number of benzene rings is 1. The number of para-hydroxylation sites is 1. The Morgan fingerprint density at radius 2 is 1.90 bits per heavy atom. The summed E-state index contributed by atoms with van der Waals surface area (Å²) in [6.07, 6.45) is 2.02. The summed E-state index contributed by atoms with van der Waals surface area (Å²) in [7, 11) is 0. The van der Waals surface area contributed by atoms with Crippen LogP contribution in [0, 0.1) is 5.92 Å². The standard InChI is InChI=1S/C15H21N3O2/c1-11(14(19)18-13-5-3-2-4-6-13)16-9-10-17-15(20)12-7-8-12/h2-6,11-12,16H,7-10H2,1H3,(H,17,20)(H,18,19). The van der Waals surface area contributed by atoms with E-state index in [-0.39, 0.29) is 23.8 Å². The quantitative estimate of drug-likeness (QED) is 0.653.